The Kier molecular flexibility index (Phi) is 5.47. The van der Waals surface area contributed by atoms with E-state index in [4.69, 9.17) is 4.74 Å². The summed E-state index contributed by atoms with van der Waals surface area (Å²) in [5.41, 5.74) is 1.03. The smallest absolute Gasteiger partial charge is 0.224 e. The van der Waals surface area contributed by atoms with Gasteiger partial charge in [-0.2, -0.15) is 0 Å². The van der Waals surface area contributed by atoms with Gasteiger partial charge < -0.3 is 10.1 Å². The van der Waals surface area contributed by atoms with Crippen molar-refractivity contribution in [1.29, 1.82) is 0 Å². The van der Waals surface area contributed by atoms with Gasteiger partial charge in [0.2, 0.25) is 5.91 Å². The summed E-state index contributed by atoms with van der Waals surface area (Å²) in [6, 6.07) is 10.5. The number of rotatable bonds is 6. The van der Waals surface area contributed by atoms with Gasteiger partial charge in [-0.1, -0.05) is 18.2 Å². The lowest BCUT2D eigenvalue weighted by atomic mass is 10.1. The van der Waals surface area contributed by atoms with Crippen molar-refractivity contribution >= 4 is 5.91 Å². The molecule has 0 aliphatic rings. The van der Waals surface area contributed by atoms with Crippen LogP contribution in [0.25, 0.3) is 0 Å². The molecule has 0 radical (unpaired) electrons. The molecule has 2 aromatic rings. The van der Waals surface area contributed by atoms with Crippen LogP contribution >= 0.6 is 0 Å². The molecule has 1 N–H and O–H groups in total. The summed E-state index contributed by atoms with van der Waals surface area (Å²) >= 11 is 0. The molecule has 0 aliphatic carbocycles. The summed E-state index contributed by atoms with van der Waals surface area (Å²) in [4.78, 5) is 11.9. The number of benzene rings is 2. The number of hydrogen-bond acceptors (Lipinski definition) is 2. The average molecular weight is 305 g/mol. The van der Waals surface area contributed by atoms with Gasteiger partial charge in [-0.05, 0) is 36.2 Å². The van der Waals surface area contributed by atoms with Crippen molar-refractivity contribution in [3.63, 3.8) is 0 Å². The van der Waals surface area contributed by atoms with Crippen molar-refractivity contribution in [3.8, 4) is 5.75 Å². The Morgan fingerprint density at radius 1 is 1.14 bits per heavy atom. The summed E-state index contributed by atoms with van der Waals surface area (Å²) in [7, 11) is 1.55. The van der Waals surface area contributed by atoms with Gasteiger partial charge >= 0.3 is 0 Å². The molecule has 0 unspecified atom stereocenters. The van der Waals surface area contributed by atoms with Crippen LogP contribution in [0.2, 0.25) is 0 Å². The lowest BCUT2D eigenvalue weighted by Crippen LogP contribution is -2.27. The van der Waals surface area contributed by atoms with Gasteiger partial charge in [-0.3, -0.25) is 4.79 Å². The lowest BCUT2D eigenvalue weighted by Gasteiger charge is -2.09. The van der Waals surface area contributed by atoms with E-state index < -0.39 is 11.6 Å². The van der Waals surface area contributed by atoms with E-state index in [0.717, 1.165) is 23.8 Å². The highest BCUT2D eigenvalue weighted by atomic mass is 19.1. The number of amides is 1. The quantitative estimate of drug-likeness (QED) is 0.891. The fourth-order valence-corrected chi connectivity index (χ4v) is 2.16. The highest BCUT2D eigenvalue weighted by molar-refractivity contribution is 5.79. The normalized spacial score (nSPS) is 10.3. The van der Waals surface area contributed by atoms with Crippen molar-refractivity contribution in [2.45, 2.75) is 12.8 Å². The molecule has 0 spiro atoms. The van der Waals surface area contributed by atoms with E-state index in [-0.39, 0.29) is 30.9 Å². The topological polar surface area (TPSA) is 38.3 Å². The maximum Gasteiger partial charge on any atom is 0.224 e. The number of carbonyl (C=O) groups excluding carboxylic acids is 1. The molecule has 22 heavy (non-hydrogen) atoms. The molecular weight excluding hydrogens is 288 g/mol. The molecule has 3 nitrogen and oxygen atoms in total. The Bertz CT molecular complexity index is 659. The maximum atomic E-state index is 13.4. The lowest BCUT2D eigenvalue weighted by molar-refractivity contribution is -0.120. The summed E-state index contributed by atoms with van der Waals surface area (Å²) in [5, 5.41) is 2.69. The molecule has 2 aromatic carbocycles. The molecule has 2 rings (SSSR count). The van der Waals surface area contributed by atoms with E-state index in [1.54, 1.807) is 13.2 Å². The van der Waals surface area contributed by atoms with E-state index in [2.05, 4.69) is 5.32 Å². The molecule has 0 aliphatic heterocycles. The minimum Gasteiger partial charge on any atom is -0.496 e. The van der Waals surface area contributed by atoms with Crippen LogP contribution in [-0.4, -0.2) is 19.6 Å². The minimum atomic E-state index is -0.489. The van der Waals surface area contributed by atoms with E-state index in [1.165, 1.54) is 0 Å². The molecular formula is C17H17F2NO2. The predicted molar refractivity (Wildman–Crippen MR) is 79.8 cm³/mol. The SMILES string of the molecule is COc1ccccc1CC(=O)NCCc1cc(F)ccc1F. The van der Waals surface area contributed by atoms with Gasteiger partial charge in [0.1, 0.15) is 17.4 Å². The number of nitrogens with one attached hydrogen (secondary N) is 1. The fourth-order valence-electron chi connectivity index (χ4n) is 2.16. The van der Waals surface area contributed by atoms with Gasteiger partial charge in [0, 0.05) is 12.1 Å². The molecule has 116 valence electrons. The zero-order valence-corrected chi connectivity index (χ0v) is 12.2. The van der Waals surface area contributed by atoms with Crippen LogP contribution < -0.4 is 10.1 Å². The van der Waals surface area contributed by atoms with Gasteiger partial charge in [0.25, 0.3) is 0 Å². The minimum absolute atomic E-state index is 0.176. The summed E-state index contributed by atoms with van der Waals surface area (Å²) in [6.45, 7) is 0.244. The highest BCUT2D eigenvalue weighted by Gasteiger charge is 2.09. The first-order valence-corrected chi connectivity index (χ1v) is 6.92. The molecule has 0 atom stereocenters. The number of methoxy groups -OCH3 is 1. The van der Waals surface area contributed by atoms with Gasteiger partial charge in [-0.15, -0.1) is 0 Å². The standard InChI is InChI=1S/C17H17F2NO2/c1-22-16-5-3-2-4-13(16)11-17(21)20-9-8-12-10-14(18)6-7-15(12)19/h2-7,10H,8-9,11H2,1H3,(H,20,21). The predicted octanol–water partition coefficient (Wildman–Crippen LogP) is 2.87. The Hall–Kier alpha value is -2.43. The molecule has 0 heterocycles. The van der Waals surface area contributed by atoms with Crippen molar-refractivity contribution in [1.82, 2.24) is 5.32 Å². The largest absolute Gasteiger partial charge is 0.496 e. The second kappa shape index (κ2) is 7.54. The maximum absolute atomic E-state index is 13.4. The monoisotopic (exact) mass is 305 g/mol. The summed E-state index contributed by atoms with van der Waals surface area (Å²) < 4.78 is 31.7. The van der Waals surface area contributed by atoms with E-state index in [1.807, 2.05) is 18.2 Å². The van der Waals surface area contributed by atoms with E-state index >= 15 is 0 Å². The van der Waals surface area contributed by atoms with Crippen molar-refractivity contribution in [3.05, 3.63) is 65.2 Å². The van der Waals surface area contributed by atoms with Gasteiger partial charge in [0.05, 0.1) is 13.5 Å². The zero-order chi connectivity index (χ0) is 15.9. The second-order valence-corrected chi connectivity index (χ2v) is 4.82. The zero-order valence-electron chi connectivity index (χ0n) is 12.2. The summed E-state index contributed by atoms with van der Waals surface area (Å²) in [6.07, 6.45) is 0.414. The Labute approximate surface area is 127 Å². The van der Waals surface area contributed by atoms with Gasteiger partial charge in [0.15, 0.2) is 0 Å². The molecule has 0 saturated carbocycles. The third-order valence-electron chi connectivity index (χ3n) is 3.27. The number of hydrogen-bond donors (Lipinski definition) is 1. The number of halogens is 2. The van der Waals surface area contributed by atoms with Crippen molar-refractivity contribution in [2.24, 2.45) is 0 Å². The number of para-hydroxylation sites is 1. The van der Waals surface area contributed by atoms with E-state index in [0.29, 0.717) is 5.75 Å². The van der Waals surface area contributed by atoms with Gasteiger partial charge in [-0.25, -0.2) is 8.78 Å². The van der Waals surface area contributed by atoms with E-state index in [9.17, 15) is 13.6 Å². The molecule has 0 bridgehead atoms. The van der Waals surface area contributed by atoms with Crippen LogP contribution in [0.5, 0.6) is 5.75 Å². The highest BCUT2D eigenvalue weighted by Crippen LogP contribution is 2.17. The van der Waals surface area contributed by atoms with Crippen LogP contribution in [0.15, 0.2) is 42.5 Å². The Morgan fingerprint density at radius 3 is 2.68 bits per heavy atom. The van der Waals surface area contributed by atoms with Crippen LogP contribution in [0, 0.1) is 11.6 Å². The first kappa shape index (κ1) is 15.9. The van der Waals surface area contributed by atoms with Crippen LogP contribution in [0.1, 0.15) is 11.1 Å². The molecule has 0 aromatic heterocycles. The van der Waals surface area contributed by atoms with Crippen LogP contribution in [-0.2, 0) is 17.6 Å². The van der Waals surface area contributed by atoms with Crippen LogP contribution in [0.3, 0.4) is 0 Å². The average Bonchev–Trinajstić information content (AvgIpc) is 2.51. The van der Waals surface area contributed by atoms with Crippen molar-refractivity contribution in [2.75, 3.05) is 13.7 Å². The molecule has 0 saturated heterocycles. The molecule has 5 heteroatoms. The number of carbonyl (C=O) groups is 1. The first-order valence-electron chi connectivity index (χ1n) is 6.92. The molecule has 1 amide bonds. The Morgan fingerprint density at radius 2 is 1.91 bits per heavy atom. The van der Waals surface area contributed by atoms with Crippen molar-refractivity contribution < 1.29 is 18.3 Å². The Balaban J connectivity index is 1.87. The first-order chi connectivity index (χ1) is 10.6. The third kappa shape index (κ3) is 4.28. The fraction of sp³-hybridized carbons (Fsp3) is 0.235. The summed E-state index contributed by atoms with van der Waals surface area (Å²) in [5.74, 6) is -0.507. The van der Waals surface area contributed by atoms with Crippen LogP contribution in [0.4, 0.5) is 8.78 Å². The third-order valence-corrected chi connectivity index (χ3v) is 3.27. The molecule has 0 fully saturated rings. The number of ether oxygens (including phenoxy) is 1. The second-order valence-electron chi connectivity index (χ2n) is 4.82.